The molecule has 8 heteroatoms. The third-order valence-corrected chi connectivity index (χ3v) is 6.34. The quantitative estimate of drug-likeness (QED) is 0.641. The molecule has 3 aromatic rings. The van der Waals surface area contributed by atoms with Gasteiger partial charge in [-0.3, -0.25) is 9.59 Å². The molecular weight excluding hydrogens is 390 g/mol. The van der Waals surface area contributed by atoms with Crippen molar-refractivity contribution in [2.75, 3.05) is 5.75 Å². The van der Waals surface area contributed by atoms with E-state index >= 15 is 0 Å². The number of hydrogen-bond donors (Lipinski definition) is 1. The summed E-state index contributed by atoms with van der Waals surface area (Å²) in [7, 11) is -3.54. The number of nitrogens with one attached hydrogen (secondary N) is 1. The number of H-pyrrole nitrogens is 1. The first kappa shape index (κ1) is 20.7. The van der Waals surface area contributed by atoms with Crippen molar-refractivity contribution in [3.8, 4) is 0 Å². The van der Waals surface area contributed by atoms with E-state index < -0.39 is 9.84 Å². The molecule has 0 aliphatic rings. The Morgan fingerprint density at radius 3 is 2.41 bits per heavy atom. The molecule has 1 N–H and O–H groups in total. The van der Waals surface area contributed by atoms with E-state index in [9.17, 15) is 18.0 Å². The van der Waals surface area contributed by atoms with E-state index in [2.05, 4.69) is 9.97 Å². The highest BCUT2D eigenvalue weighted by Gasteiger charge is 2.22. The van der Waals surface area contributed by atoms with Crippen LogP contribution in [0.3, 0.4) is 0 Å². The van der Waals surface area contributed by atoms with Crippen LogP contribution >= 0.6 is 0 Å². The van der Waals surface area contributed by atoms with E-state index in [1.54, 1.807) is 42.5 Å². The summed E-state index contributed by atoms with van der Waals surface area (Å²) in [6, 6.07) is 14.9. The SMILES string of the molecule is CC(C)N(Cc1nc2ccccc2c(=O)[nH]1)C(=O)CCS(=O)(=O)c1ccccc1. The number of hydrogen-bond acceptors (Lipinski definition) is 5. The largest absolute Gasteiger partial charge is 0.333 e. The van der Waals surface area contributed by atoms with E-state index in [1.807, 2.05) is 13.8 Å². The maximum absolute atomic E-state index is 12.8. The van der Waals surface area contributed by atoms with E-state index in [4.69, 9.17) is 0 Å². The first-order valence-corrected chi connectivity index (χ1v) is 11.0. The minimum absolute atomic E-state index is 0.0992. The van der Waals surface area contributed by atoms with Gasteiger partial charge < -0.3 is 9.88 Å². The van der Waals surface area contributed by atoms with Gasteiger partial charge in [0.15, 0.2) is 9.84 Å². The number of carbonyl (C=O) groups excluding carboxylic acids is 1. The van der Waals surface area contributed by atoms with Crippen LogP contribution in [0.1, 0.15) is 26.1 Å². The number of aromatic nitrogens is 2. The van der Waals surface area contributed by atoms with Gasteiger partial charge in [0.25, 0.3) is 5.56 Å². The zero-order valence-electron chi connectivity index (χ0n) is 16.3. The number of carbonyl (C=O) groups is 1. The second-order valence-corrected chi connectivity index (χ2v) is 9.14. The lowest BCUT2D eigenvalue weighted by Crippen LogP contribution is -2.38. The van der Waals surface area contributed by atoms with Crippen LogP contribution in [0, 0.1) is 0 Å². The van der Waals surface area contributed by atoms with Gasteiger partial charge in [-0.25, -0.2) is 13.4 Å². The monoisotopic (exact) mass is 413 g/mol. The highest BCUT2D eigenvalue weighted by atomic mass is 32.2. The highest BCUT2D eigenvalue weighted by Crippen LogP contribution is 2.14. The molecule has 7 nitrogen and oxygen atoms in total. The Bertz CT molecular complexity index is 1170. The van der Waals surface area contributed by atoms with Gasteiger partial charge >= 0.3 is 0 Å². The molecule has 0 unspecified atom stereocenters. The molecule has 0 bridgehead atoms. The summed E-state index contributed by atoms with van der Waals surface area (Å²) >= 11 is 0. The van der Waals surface area contributed by atoms with Crippen molar-refractivity contribution in [2.24, 2.45) is 0 Å². The predicted octanol–water partition coefficient (Wildman–Crippen LogP) is 2.52. The number of benzene rings is 2. The van der Waals surface area contributed by atoms with Crippen molar-refractivity contribution >= 4 is 26.6 Å². The summed E-state index contributed by atoms with van der Waals surface area (Å²) in [5, 5.41) is 0.479. The lowest BCUT2D eigenvalue weighted by Gasteiger charge is -2.26. The van der Waals surface area contributed by atoms with Crippen LogP contribution in [0.15, 0.2) is 64.3 Å². The zero-order chi connectivity index (χ0) is 21.0. The minimum atomic E-state index is -3.54. The second-order valence-electron chi connectivity index (χ2n) is 7.03. The van der Waals surface area contributed by atoms with Crippen LogP contribution in [-0.2, 0) is 21.2 Å². The Morgan fingerprint density at radius 1 is 1.07 bits per heavy atom. The molecule has 0 saturated heterocycles. The van der Waals surface area contributed by atoms with Crippen LogP contribution in [0.5, 0.6) is 0 Å². The normalized spacial score (nSPS) is 11.7. The molecule has 3 rings (SSSR count). The van der Waals surface area contributed by atoms with Crippen molar-refractivity contribution in [3.63, 3.8) is 0 Å². The summed E-state index contributed by atoms with van der Waals surface area (Å²) in [4.78, 5) is 33.9. The molecule has 0 radical (unpaired) electrons. The summed E-state index contributed by atoms with van der Waals surface area (Å²) in [6.07, 6.45) is -0.146. The molecule has 29 heavy (non-hydrogen) atoms. The summed E-state index contributed by atoms with van der Waals surface area (Å²) in [6.45, 7) is 3.77. The fraction of sp³-hybridized carbons (Fsp3) is 0.286. The maximum atomic E-state index is 12.8. The summed E-state index contributed by atoms with van der Waals surface area (Å²) in [5.74, 6) is -0.224. The Hall–Kier alpha value is -3.00. The van der Waals surface area contributed by atoms with Gasteiger partial charge in [-0.05, 0) is 38.1 Å². The number of nitrogens with zero attached hydrogens (tertiary/aromatic N) is 2. The first-order valence-electron chi connectivity index (χ1n) is 9.33. The van der Waals surface area contributed by atoms with E-state index in [0.29, 0.717) is 16.7 Å². The molecule has 1 aromatic heterocycles. The van der Waals surface area contributed by atoms with Crippen LogP contribution in [0.4, 0.5) is 0 Å². The molecule has 152 valence electrons. The fourth-order valence-corrected chi connectivity index (χ4v) is 4.29. The maximum Gasteiger partial charge on any atom is 0.258 e. The van der Waals surface area contributed by atoms with Crippen molar-refractivity contribution in [2.45, 2.75) is 37.8 Å². The van der Waals surface area contributed by atoms with Crippen LogP contribution in [0.2, 0.25) is 0 Å². The lowest BCUT2D eigenvalue weighted by molar-refractivity contribution is -0.133. The molecule has 0 fully saturated rings. The Kier molecular flexibility index (Phi) is 6.12. The lowest BCUT2D eigenvalue weighted by atomic mass is 10.2. The molecule has 0 aliphatic heterocycles. The third kappa shape index (κ3) is 4.89. The second kappa shape index (κ2) is 8.57. The molecule has 0 aliphatic carbocycles. The Balaban J connectivity index is 1.76. The summed E-state index contributed by atoms with van der Waals surface area (Å²) < 4.78 is 24.9. The van der Waals surface area contributed by atoms with Crippen LogP contribution < -0.4 is 5.56 Å². The van der Waals surface area contributed by atoms with Gasteiger partial charge in [0.2, 0.25) is 5.91 Å². The van der Waals surface area contributed by atoms with Gasteiger partial charge in [0.1, 0.15) is 5.82 Å². The standard InChI is InChI=1S/C21H23N3O4S/c1-15(2)24(14-19-22-18-11-7-6-10-17(18)21(26)23-19)20(25)12-13-29(27,28)16-8-4-3-5-9-16/h3-11,15H,12-14H2,1-2H3,(H,22,23,26). The fourth-order valence-electron chi connectivity index (χ4n) is 3.04. The van der Waals surface area contributed by atoms with Crippen molar-refractivity contribution in [3.05, 3.63) is 70.8 Å². The number of fused-ring (bicyclic) bond motifs is 1. The van der Waals surface area contributed by atoms with Crippen LogP contribution in [-0.4, -0.2) is 41.0 Å². The minimum Gasteiger partial charge on any atom is -0.333 e. The third-order valence-electron chi connectivity index (χ3n) is 4.61. The molecule has 1 amide bonds. The van der Waals surface area contributed by atoms with Crippen molar-refractivity contribution < 1.29 is 13.2 Å². The van der Waals surface area contributed by atoms with Crippen molar-refractivity contribution in [1.82, 2.24) is 14.9 Å². The Morgan fingerprint density at radius 2 is 1.72 bits per heavy atom. The first-order chi connectivity index (χ1) is 13.8. The molecule has 1 heterocycles. The average molecular weight is 413 g/mol. The number of amides is 1. The molecule has 0 spiro atoms. The number of para-hydroxylation sites is 1. The van der Waals surface area contributed by atoms with Gasteiger partial charge in [0, 0.05) is 12.5 Å². The topological polar surface area (TPSA) is 100 Å². The molecular formula is C21H23N3O4S. The molecule has 2 aromatic carbocycles. The van der Waals surface area contributed by atoms with Gasteiger partial charge in [-0.1, -0.05) is 30.3 Å². The summed E-state index contributed by atoms with van der Waals surface area (Å²) in [5.41, 5.74) is 0.280. The Labute approximate surface area is 169 Å². The molecule has 0 atom stereocenters. The number of rotatable bonds is 7. The molecule has 0 saturated carbocycles. The van der Waals surface area contributed by atoms with Crippen LogP contribution in [0.25, 0.3) is 10.9 Å². The zero-order valence-corrected chi connectivity index (χ0v) is 17.1. The van der Waals surface area contributed by atoms with E-state index in [-0.39, 0.29) is 41.1 Å². The van der Waals surface area contributed by atoms with Crippen molar-refractivity contribution in [1.29, 1.82) is 0 Å². The number of aromatic amines is 1. The number of sulfone groups is 1. The predicted molar refractivity (Wildman–Crippen MR) is 111 cm³/mol. The van der Waals surface area contributed by atoms with Gasteiger partial charge in [0.05, 0.1) is 28.1 Å². The smallest absolute Gasteiger partial charge is 0.258 e. The van der Waals surface area contributed by atoms with Gasteiger partial charge in [-0.2, -0.15) is 0 Å². The highest BCUT2D eigenvalue weighted by molar-refractivity contribution is 7.91. The van der Waals surface area contributed by atoms with E-state index in [1.165, 1.54) is 17.0 Å². The van der Waals surface area contributed by atoms with Gasteiger partial charge in [-0.15, -0.1) is 0 Å². The average Bonchev–Trinajstić information content (AvgIpc) is 2.71. The van der Waals surface area contributed by atoms with E-state index in [0.717, 1.165) is 0 Å².